The molecular formula is C22H32BClO4. The van der Waals surface area contributed by atoms with Crippen molar-refractivity contribution < 1.29 is 18.8 Å². The number of benzene rings is 1. The molecule has 1 aliphatic heterocycles. The third-order valence-electron chi connectivity index (χ3n) is 6.60. The summed E-state index contributed by atoms with van der Waals surface area (Å²) in [6.07, 6.45) is 4.73. The fraction of sp³-hybridized carbons (Fsp3) is 0.682. The summed E-state index contributed by atoms with van der Waals surface area (Å²) in [6.45, 7) is 10.5. The Kier molecular flexibility index (Phi) is 6.48. The molecule has 0 spiro atoms. The topological polar surface area (TPSA) is 44.8 Å². The molecule has 1 saturated heterocycles. The van der Waals surface area contributed by atoms with Crippen molar-refractivity contribution in [2.75, 3.05) is 6.61 Å². The summed E-state index contributed by atoms with van der Waals surface area (Å²) >= 11 is 6.66. The Hall–Kier alpha value is -1.04. The van der Waals surface area contributed by atoms with Crippen molar-refractivity contribution in [1.29, 1.82) is 0 Å². The zero-order valence-corrected chi connectivity index (χ0v) is 18.5. The van der Waals surface area contributed by atoms with Crippen molar-refractivity contribution in [3.8, 4) is 0 Å². The first-order valence-electron chi connectivity index (χ1n) is 10.4. The van der Waals surface area contributed by atoms with Crippen molar-refractivity contribution in [2.24, 2.45) is 5.92 Å². The Balaban J connectivity index is 1.62. The minimum absolute atomic E-state index is 0.0734. The smallest absolute Gasteiger partial charge is 0.466 e. The molecule has 1 aromatic carbocycles. The van der Waals surface area contributed by atoms with Crippen LogP contribution < -0.4 is 5.46 Å². The van der Waals surface area contributed by atoms with Crippen molar-refractivity contribution in [3.05, 3.63) is 28.8 Å². The van der Waals surface area contributed by atoms with E-state index in [4.69, 9.17) is 25.6 Å². The zero-order chi connectivity index (χ0) is 20.5. The lowest BCUT2D eigenvalue weighted by Gasteiger charge is -2.32. The average Bonchev–Trinajstić information content (AvgIpc) is 2.83. The Morgan fingerprint density at radius 2 is 1.75 bits per heavy atom. The van der Waals surface area contributed by atoms with Gasteiger partial charge in [0.25, 0.3) is 0 Å². The van der Waals surface area contributed by atoms with Crippen LogP contribution in [0.15, 0.2) is 18.2 Å². The van der Waals surface area contributed by atoms with E-state index in [1.807, 2.05) is 13.0 Å². The number of hydrogen-bond acceptors (Lipinski definition) is 4. The summed E-state index contributed by atoms with van der Waals surface area (Å²) in [5.74, 6) is 0.798. The highest BCUT2D eigenvalue weighted by atomic mass is 35.5. The van der Waals surface area contributed by atoms with E-state index in [1.54, 1.807) is 0 Å². The highest BCUT2D eigenvalue weighted by molar-refractivity contribution is 6.62. The van der Waals surface area contributed by atoms with Crippen LogP contribution in [0.2, 0.25) is 5.02 Å². The molecule has 1 heterocycles. The van der Waals surface area contributed by atoms with Gasteiger partial charge in [-0.2, -0.15) is 0 Å². The SMILES string of the molecule is CCOC(=O)CC1CCC(c2ccc(B3OC(C)(C)C(C)(C)O3)cc2Cl)CC1. The quantitative estimate of drug-likeness (QED) is 0.517. The Labute approximate surface area is 174 Å². The molecule has 1 saturated carbocycles. The molecule has 3 rings (SSSR count). The maximum atomic E-state index is 11.7. The van der Waals surface area contributed by atoms with Crippen LogP contribution in [0.3, 0.4) is 0 Å². The molecule has 0 radical (unpaired) electrons. The molecule has 6 heteroatoms. The standard InChI is InChI=1S/C22H32BClO4/c1-6-26-20(25)13-15-7-9-16(10-8-15)18-12-11-17(14-19(18)24)23-27-21(2,3)22(4,5)28-23/h11-12,14-16H,6-10,13H2,1-5H3. The Morgan fingerprint density at radius 3 is 2.29 bits per heavy atom. The number of rotatable bonds is 5. The number of carbonyl (C=O) groups excluding carboxylic acids is 1. The molecule has 2 fully saturated rings. The number of esters is 1. The second kappa shape index (κ2) is 8.37. The van der Waals surface area contributed by atoms with E-state index in [1.165, 1.54) is 5.56 Å². The van der Waals surface area contributed by atoms with Gasteiger partial charge in [0, 0.05) is 11.4 Å². The first-order chi connectivity index (χ1) is 13.1. The van der Waals surface area contributed by atoms with Gasteiger partial charge in [-0.05, 0) is 89.2 Å². The lowest BCUT2D eigenvalue weighted by Crippen LogP contribution is -2.41. The van der Waals surface area contributed by atoms with Crippen LogP contribution in [0.1, 0.15) is 78.2 Å². The molecule has 0 unspecified atom stereocenters. The van der Waals surface area contributed by atoms with Crippen molar-refractivity contribution in [2.45, 2.75) is 83.8 Å². The molecule has 1 aliphatic carbocycles. The number of ether oxygens (including phenoxy) is 1. The predicted octanol–water partition coefficient (Wildman–Crippen LogP) is 4.87. The molecule has 0 bridgehead atoms. The van der Waals surface area contributed by atoms with E-state index in [0.29, 0.717) is 24.9 Å². The summed E-state index contributed by atoms with van der Waals surface area (Å²) < 4.78 is 17.4. The second-order valence-electron chi connectivity index (χ2n) is 9.10. The highest BCUT2D eigenvalue weighted by Crippen LogP contribution is 2.40. The van der Waals surface area contributed by atoms with Crippen LogP contribution >= 0.6 is 11.6 Å². The second-order valence-corrected chi connectivity index (χ2v) is 9.50. The normalized spacial score (nSPS) is 26.3. The van der Waals surface area contributed by atoms with Crippen LogP contribution in [-0.2, 0) is 18.8 Å². The van der Waals surface area contributed by atoms with Gasteiger partial charge >= 0.3 is 13.1 Å². The molecule has 0 aromatic heterocycles. The zero-order valence-electron chi connectivity index (χ0n) is 17.7. The minimum atomic E-state index is -0.392. The monoisotopic (exact) mass is 406 g/mol. The molecule has 0 amide bonds. The van der Waals surface area contributed by atoms with Gasteiger partial charge in [0.2, 0.25) is 0 Å². The molecule has 0 N–H and O–H groups in total. The number of carbonyl (C=O) groups is 1. The van der Waals surface area contributed by atoms with Crippen molar-refractivity contribution in [1.82, 2.24) is 0 Å². The summed E-state index contributed by atoms with van der Waals surface area (Å²) in [5.41, 5.74) is 1.43. The van der Waals surface area contributed by atoms with Gasteiger partial charge in [0.15, 0.2) is 0 Å². The molecule has 154 valence electrons. The summed E-state index contributed by atoms with van der Waals surface area (Å²) in [7, 11) is -0.392. The third kappa shape index (κ3) is 4.58. The van der Waals surface area contributed by atoms with E-state index >= 15 is 0 Å². The fourth-order valence-corrected chi connectivity index (χ4v) is 4.48. The Morgan fingerprint density at radius 1 is 1.14 bits per heavy atom. The maximum Gasteiger partial charge on any atom is 0.494 e. The van der Waals surface area contributed by atoms with E-state index in [0.717, 1.165) is 36.2 Å². The summed E-state index contributed by atoms with van der Waals surface area (Å²) in [6, 6.07) is 6.19. The molecular weight excluding hydrogens is 375 g/mol. The molecule has 28 heavy (non-hydrogen) atoms. The van der Waals surface area contributed by atoms with Crippen LogP contribution in [0, 0.1) is 5.92 Å². The first-order valence-corrected chi connectivity index (χ1v) is 10.8. The first kappa shape index (κ1) is 21.7. The minimum Gasteiger partial charge on any atom is -0.466 e. The number of hydrogen-bond donors (Lipinski definition) is 0. The summed E-state index contributed by atoms with van der Waals surface area (Å²) in [5, 5.41) is 0.779. The van der Waals surface area contributed by atoms with Gasteiger partial charge in [-0.3, -0.25) is 4.79 Å². The third-order valence-corrected chi connectivity index (χ3v) is 6.92. The molecule has 1 aromatic rings. The van der Waals surface area contributed by atoms with Crippen molar-refractivity contribution >= 4 is 30.2 Å². The average molecular weight is 407 g/mol. The van der Waals surface area contributed by atoms with Gasteiger partial charge in [-0.25, -0.2) is 0 Å². The lowest BCUT2D eigenvalue weighted by atomic mass is 9.75. The van der Waals surface area contributed by atoms with Crippen LogP contribution in [0.25, 0.3) is 0 Å². The van der Waals surface area contributed by atoms with Crippen LogP contribution in [0.4, 0.5) is 0 Å². The molecule has 4 nitrogen and oxygen atoms in total. The molecule has 2 aliphatic rings. The highest BCUT2D eigenvalue weighted by Gasteiger charge is 2.51. The van der Waals surface area contributed by atoms with Gasteiger partial charge in [-0.15, -0.1) is 0 Å². The van der Waals surface area contributed by atoms with E-state index < -0.39 is 7.12 Å². The van der Waals surface area contributed by atoms with Gasteiger partial charge in [0.1, 0.15) is 0 Å². The fourth-order valence-electron chi connectivity index (χ4n) is 4.13. The van der Waals surface area contributed by atoms with Crippen molar-refractivity contribution in [3.63, 3.8) is 0 Å². The largest absolute Gasteiger partial charge is 0.494 e. The van der Waals surface area contributed by atoms with E-state index in [-0.39, 0.29) is 17.2 Å². The molecule has 0 atom stereocenters. The summed E-state index contributed by atoms with van der Waals surface area (Å²) in [4.78, 5) is 11.7. The van der Waals surface area contributed by atoms with Gasteiger partial charge in [-0.1, -0.05) is 23.7 Å². The van der Waals surface area contributed by atoms with Crippen LogP contribution in [-0.4, -0.2) is 30.9 Å². The Bertz CT molecular complexity index is 694. The van der Waals surface area contributed by atoms with Gasteiger partial charge in [0.05, 0.1) is 17.8 Å². The van der Waals surface area contributed by atoms with E-state index in [9.17, 15) is 4.79 Å². The van der Waals surface area contributed by atoms with E-state index in [2.05, 4.69) is 39.8 Å². The number of halogens is 1. The van der Waals surface area contributed by atoms with Crippen LogP contribution in [0.5, 0.6) is 0 Å². The van der Waals surface area contributed by atoms with Gasteiger partial charge < -0.3 is 14.0 Å². The lowest BCUT2D eigenvalue weighted by molar-refractivity contribution is -0.144. The maximum absolute atomic E-state index is 11.7. The predicted molar refractivity (Wildman–Crippen MR) is 113 cm³/mol.